The van der Waals surface area contributed by atoms with E-state index in [0.717, 1.165) is 38.5 Å². The summed E-state index contributed by atoms with van der Waals surface area (Å²) in [4.78, 5) is 0. The van der Waals surface area contributed by atoms with E-state index in [1.54, 1.807) is 0 Å². The molecule has 0 aromatic rings. The molecule has 3 atom stereocenters. The molecule has 0 aliphatic heterocycles. The summed E-state index contributed by atoms with van der Waals surface area (Å²) in [6, 6.07) is 0. The van der Waals surface area contributed by atoms with E-state index in [4.69, 9.17) is 11.6 Å². The zero-order valence-electron chi connectivity index (χ0n) is 12.2. The predicted molar refractivity (Wildman–Crippen MR) is 85.4 cm³/mol. The van der Waals surface area contributed by atoms with Gasteiger partial charge in [0.05, 0.1) is 5.38 Å². The third-order valence-electron chi connectivity index (χ3n) is 2.83. The summed E-state index contributed by atoms with van der Waals surface area (Å²) < 4.78 is 0. The smallest absolute Gasteiger partial charge is 0.142 e. The lowest BCUT2D eigenvalue weighted by Crippen LogP contribution is -2.33. The predicted octanol–water partition coefficient (Wildman–Crippen LogP) is 3.26. The molecule has 2 nitrogen and oxygen atoms in total. The van der Waals surface area contributed by atoms with E-state index in [0.29, 0.717) is 6.42 Å². The fourth-order valence-electron chi connectivity index (χ4n) is 1.60. The summed E-state index contributed by atoms with van der Waals surface area (Å²) in [5.74, 6) is 10.6. The molecule has 0 aliphatic carbocycles. The molecule has 20 heavy (non-hydrogen) atoms. The lowest BCUT2D eigenvalue weighted by molar-refractivity contribution is 0.0497. The molecule has 0 fully saturated rings. The SMILES string of the molecule is C=CCCCCC[C@H](Cl)[C@@H](O)[C@H](O)C#CC#CCCC. The van der Waals surface area contributed by atoms with Gasteiger partial charge in [-0.1, -0.05) is 37.7 Å². The molecule has 0 saturated heterocycles. The summed E-state index contributed by atoms with van der Waals surface area (Å²) >= 11 is 6.07. The van der Waals surface area contributed by atoms with Crippen molar-refractivity contribution in [1.29, 1.82) is 0 Å². The van der Waals surface area contributed by atoms with Crippen LogP contribution in [0.2, 0.25) is 0 Å². The quantitative estimate of drug-likeness (QED) is 0.297. The van der Waals surface area contributed by atoms with Crippen LogP contribution in [-0.4, -0.2) is 27.8 Å². The van der Waals surface area contributed by atoms with Gasteiger partial charge in [0.15, 0.2) is 0 Å². The minimum atomic E-state index is -1.14. The van der Waals surface area contributed by atoms with Crippen LogP contribution in [-0.2, 0) is 0 Å². The monoisotopic (exact) mass is 296 g/mol. The third-order valence-corrected chi connectivity index (χ3v) is 3.30. The number of unbranched alkanes of at least 4 members (excludes halogenated alkanes) is 4. The van der Waals surface area contributed by atoms with Crippen LogP contribution >= 0.6 is 11.6 Å². The summed E-state index contributed by atoms with van der Waals surface area (Å²) in [5.41, 5.74) is 0. The summed E-state index contributed by atoms with van der Waals surface area (Å²) in [6.45, 7) is 5.70. The van der Waals surface area contributed by atoms with E-state index in [1.807, 2.05) is 13.0 Å². The topological polar surface area (TPSA) is 40.5 Å². The lowest BCUT2D eigenvalue weighted by atomic mass is 10.0. The first-order valence-corrected chi connectivity index (χ1v) is 7.66. The Kier molecular flexibility index (Phi) is 12.5. The number of aliphatic hydroxyl groups excluding tert-OH is 2. The highest BCUT2D eigenvalue weighted by Crippen LogP contribution is 2.16. The Morgan fingerprint density at radius 2 is 1.95 bits per heavy atom. The molecule has 0 saturated carbocycles. The highest BCUT2D eigenvalue weighted by atomic mass is 35.5. The van der Waals surface area contributed by atoms with Crippen LogP contribution in [0.25, 0.3) is 0 Å². The second kappa shape index (κ2) is 13.1. The maximum absolute atomic E-state index is 9.84. The van der Waals surface area contributed by atoms with Gasteiger partial charge in [-0.3, -0.25) is 0 Å². The highest BCUT2D eigenvalue weighted by molar-refractivity contribution is 6.21. The fraction of sp³-hybridized carbons (Fsp3) is 0.647. The summed E-state index contributed by atoms with van der Waals surface area (Å²) in [5, 5.41) is 19.1. The van der Waals surface area contributed by atoms with Crippen LogP contribution in [0.4, 0.5) is 0 Å². The molecule has 2 N–H and O–H groups in total. The first kappa shape index (κ1) is 19.1. The van der Waals surface area contributed by atoms with Gasteiger partial charge in [0, 0.05) is 6.42 Å². The molecule has 0 radical (unpaired) electrons. The number of hydrogen-bond donors (Lipinski definition) is 2. The lowest BCUT2D eigenvalue weighted by Gasteiger charge is -2.18. The van der Waals surface area contributed by atoms with Crippen molar-refractivity contribution in [2.24, 2.45) is 0 Å². The van der Waals surface area contributed by atoms with Crippen LogP contribution in [0.15, 0.2) is 12.7 Å². The standard InChI is InChI=1S/C17H25ClO2/c1-3-5-7-9-11-13-15(18)17(20)16(19)14-12-10-8-6-4-2/h3,15-17,19-20H,1,4-7,9,11,13H2,2H3/t15-,16+,17+/m0/s1. The summed E-state index contributed by atoms with van der Waals surface area (Å²) in [6.07, 6.45) is 6.22. The van der Waals surface area contributed by atoms with Gasteiger partial charge < -0.3 is 10.2 Å². The number of rotatable bonds is 9. The largest absolute Gasteiger partial charge is 0.388 e. The average Bonchev–Trinajstić information content (AvgIpc) is 2.45. The van der Waals surface area contributed by atoms with Crippen molar-refractivity contribution in [3.63, 3.8) is 0 Å². The normalized spacial score (nSPS) is 14.2. The molecule has 0 heterocycles. The minimum Gasteiger partial charge on any atom is -0.388 e. The molecule has 112 valence electrons. The number of hydrogen-bond acceptors (Lipinski definition) is 2. The molecule has 0 bridgehead atoms. The Hall–Kier alpha value is -0.930. The summed E-state index contributed by atoms with van der Waals surface area (Å²) in [7, 11) is 0. The van der Waals surface area contributed by atoms with Crippen molar-refractivity contribution in [3.8, 4) is 23.7 Å². The molecule has 0 aliphatic rings. The molecular weight excluding hydrogens is 272 g/mol. The van der Waals surface area contributed by atoms with Gasteiger partial charge in [-0.2, -0.15) is 0 Å². The fourth-order valence-corrected chi connectivity index (χ4v) is 1.89. The zero-order valence-corrected chi connectivity index (χ0v) is 13.0. The Morgan fingerprint density at radius 1 is 1.20 bits per heavy atom. The maximum atomic E-state index is 9.84. The third kappa shape index (κ3) is 9.93. The Morgan fingerprint density at radius 3 is 2.60 bits per heavy atom. The second-order valence-electron chi connectivity index (χ2n) is 4.70. The van der Waals surface area contributed by atoms with Crippen LogP contribution in [0.1, 0.15) is 51.9 Å². The van der Waals surface area contributed by atoms with Gasteiger partial charge in [-0.15, -0.1) is 18.2 Å². The van der Waals surface area contributed by atoms with E-state index in [2.05, 4.69) is 30.3 Å². The van der Waals surface area contributed by atoms with Gasteiger partial charge in [0.1, 0.15) is 12.2 Å². The van der Waals surface area contributed by atoms with Crippen molar-refractivity contribution in [3.05, 3.63) is 12.7 Å². The van der Waals surface area contributed by atoms with Crippen LogP contribution in [0.3, 0.4) is 0 Å². The molecule has 0 aromatic carbocycles. The number of allylic oxidation sites excluding steroid dienone is 1. The van der Waals surface area contributed by atoms with Crippen molar-refractivity contribution >= 4 is 11.6 Å². The van der Waals surface area contributed by atoms with Gasteiger partial charge in [0.25, 0.3) is 0 Å². The molecule has 0 aromatic heterocycles. The van der Waals surface area contributed by atoms with E-state index in [9.17, 15) is 10.2 Å². The van der Waals surface area contributed by atoms with Gasteiger partial charge in [-0.25, -0.2) is 0 Å². The van der Waals surface area contributed by atoms with E-state index in [-0.39, 0.29) is 0 Å². The van der Waals surface area contributed by atoms with Gasteiger partial charge in [0.2, 0.25) is 0 Å². The zero-order chi connectivity index (χ0) is 15.2. The molecule has 0 rings (SSSR count). The van der Waals surface area contributed by atoms with E-state index >= 15 is 0 Å². The molecule has 0 spiro atoms. The molecule has 0 amide bonds. The first-order chi connectivity index (χ1) is 9.63. The van der Waals surface area contributed by atoms with Crippen molar-refractivity contribution in [2.75, 3.05) is 0 Å². The van der Waals surface area contributed by atoms with Crippen molar-refractivity contribution < 1.29 is 10.2 Å². The van der Waals surface area contributed by atoms with Gasteiger partial charge in [-0.05, 0) is 37.5 Å². The van der Waals surface area contributed by atoms with Crippen LogP contribution in [0.5, 0.6) is 0 Å². The Labute approximate surface area is 128 Å². The molecule has 3 heteroatoms. The second-order valence-corrected chi connectivity index (χ2v) is 5.26. The number of halogens is 1. The highest BCUT2D eigenvalue weighted by Gasteiger charge is 2.22. The minimum absolute atomic E-state index is 0.480. The Balaban J connectivity index is 4.00. The van der Waals surface area contributed by atoms with Crippen molar-refractivity contribution in [1.82, 2.24) is 0 Å². The number of aliphatic hydroxyl groups is 2. The van der Waals surface area contributed by atoms with Gasteiger partial charge >= 0.3 is 0 Å². The first-order valence-electron chi connectivity index (χ1n) is 7.23. The maximum Gasteiger partial charge on any atom is 0.142 e. The van der Waals surface area contributed by atoms with E-state index < -0.39 is 17.6 Å². The van der Waals surface area contributed by atoms with Crippen LogP contribution in [0, 0.1) is 23.7 Å². The number of alkyl halides is 1. The Bertz CT molecular complexity index is 370. The molecule has 0 unspecified atom stereocenters. The molecular formula is C17H25ClO2. The van der Waals surface area contributed by atoms with E-state index in [1.165, 1.54) is 0 Å². The van der Waals surface area contributed by atoms with Crippen molar-refractivity contribution in [2.45, 2.75) is 69.5 Å². The average molecular weight is 297 g/mol. The van der Waals surface area contributed by atoms with Crippen LogP contribution < -0.4 is 0 Å².